The van der Waals surface area contributed by atoms with E-state index in [-0.39, 0.29) is 0 Å². The number of azide groups is 1. The molecular weight excluding hydrogens is 300 g/mol. The van der Waals surface area contributed by atoms with Crippen molar-refractivity contribution >= 4 is 39.7 Å². The first kappa shape index (κ1) is 15.4. The third kappa shape index (κ3) is 5.11. The van der Waals surface area contributed by atoms with Crippen molar-refractivity contribution < 1.29 is 0 Å². The van der Waals surface area contributed by atoms with Gasteiger partial charge in [0.25, 0.3) is 0 Å². The molecule has 4 nitrogen and oxygen atoms in total. The third-order valence-corrected chi connectivity index (χ3v) is 4.06. The van der Waals surface area contributed by atoms with Crippen LogP contribution in [0.5, 0.6) is 0 Å². The molecule has 21 heavy (non-hydrogen) atoms. The molecule has 0 unspecified atom stereocenters. The van der Waals surface area contributed by atoms with Gasteiger partial charge < -0.3 is 5.32 Å². The first-order chi connectivity index (χ1) is 10.2. The molecule has 0 aromatic heterocycles. The fraction of sp³-hybridized carbons (Fsp3) is 0.133. The number of nitrogens with one attached hydrogen (secondary N) is 1. The fourth-order valence-corrected chi connectivity index (χ4v) is 2.63. The summed E-state index contributed by atoms with van der Waals surface area (Å²) >= 11 is 6.89. The van der Waals surface area contributed by atoms with Crippen LogP contribution in [0.15, 0.2) is 53.6 Å². The van der Waals surface area contributed by atoms with Crippen molar-refractivity contribution in [3.63, 3.8) is 0 Å². The van der Waals surface area contributed by atoms with E-state index in [9.17, 15) is 0 Å². The molecule has 0 bridgehead atoms. The first-order valence-corrected chi connectivity index (χ1v) is 7.71. The Morgan fingerprint density at radius 3 is 2.48 bits per heavy atom. The number of aryl methyl sites for hydroxylation is 1. The van der Waals surface area contributed by atoms with Gasteiger partial charge in [0.05, 0.1) is 0 Å². The van der Waals surface area contributed by atoms with Crippen LogP contribution >= 0.6 is 24.0 Å². The van der Waals surface area contributed by atoms with Crippen molar-refractivity contribution in [1.82, 2.24) is 0 Å². The summed E-state index contributed by atoms with van der Waals surface area (Å²) < 4.78 is 0.734. The smallest absolute Gasteiger partial charge is 0.138 e. The number of hydrogen-bond acceptors (Lipinski definition) is 3. The van der Waals surface area contributed by atoms with Crippen LogP contribution in [0.1, 0.15) is 11.1 Å². The van der Waals surface area contributed by atoms with Crippen LogP contribution in [0.25, 0.3) is 10.4 Å². The number of benzene rings is 2. The minimum Gasteiger partial charge on any atom is -0.341 e. The maximum Gasteiger partial charge on any atom is 0.138 e. The zero-order chi connectivity index (χ0) is 15.1. The highest BCUT2D eigenvalue weighted by molar-refractivity contribution is 8.22. The van der Waals surface area contributed by atoms with Crippen molar-refractivity contribution in [2.24, 2.45) is 5.11 Å². The monoisotopic (exact) mass is 314 g/mol. The average molecular weight is 314 g/mol. The summed E-state index contributed by atoms with van der Waals surface area (Å²) in [6.07, 6.45) is 0. The molecule has 6 heteroatoms. The third-order valence-electron chi connectivity index (χ3n) is 2.76. The van der Waals surface area contributed by atoms with Gasteiger partial charge in [0, 0.05) is 22.0 Å². The number of hydrogen-bond donors (Lipinski definition) is 1. The highest BCUT2D eigenvalue weighted by Gasteiger charge is 2.00. The van der Waals surface area contributed by atoms with E-state index in [4.69, 9.17) is 17.7 Å². The van der Waals surface area contributed by atoms with Crippen molar-refractivity contribution in [3.05, 3.63) is 70.1 Å². The lowest BCUT2D eigenvalue weighted by molar-refractivity contribution is 1.39. The van der Waals surface area contributed by atoms with E-state index in [1.54, 1.807) is 23.9 Å². The molecule has 0 atom stereocenters. The van der Waals surface area contributed by atoms with Crippen LogP contribution in [0.2, 0.25) is 0 Å². The van der Waals surface area contributed by atoms with Crippen LogP contribution in [0, 0.1) is 6.92 Å². The molecule has 2 rings (SSSR count). The van der Waals surface area contributed by atoms with Crippen molar-refractivity contribution in [1.29, 1.82) is 0 Å². The first-order valence-electron chi connectivity index (χ1n) is 6.32. The van der Waals surface area contributed by atoms with Gasteiger partial charge >= 0.3 is 0 Å². The van der Waals surface area contributed by atoms with E-state index in [1.807, 2.05) is 36.4 Å². The maximum absolute atomic E-state index is 8.35. The topological polar surface area (TPSA) is 60.8 Å². The van der Waals surface area contributed by atoms with Gasteiger partial charge in [0.15, 0.2) is 0 Å². The number of thiocarbonyl (C=S) groups is 1. The molecule has 0 heterocycles. The van der Waals surface area contributed by atoms with E-state index < -0.39 is 0 Å². The standard InChI is InChI=1S/C15H14N4S2/c1-11-2-6-13(7-3-11)17-15(20)21-10-12-4-8-14(9-5-12)18-19-16/h2-9H,10H2,1H3,(H,17,20). The van der Waals surface area contributed by atoms with E-state index in [2.05, 4.69) is 22.3 Å². The largest absolute Gasteiger partial charge is 0.341 e. The van der Waals surface area contributed by atoms with Gasteiger partial charge in [0.1, 0.15) is 4.32 Å². The van der Waals surface area contributed by atoms with Gasteiger partial charge in [-0.25, -0.2) is 0 Å². The molecule has 0 saturated carbocycles. The Balaban J connectivity index is 1.86. The molecule has 0 aliphatic carbocycles. The van der Waals surface area contributed by atoms with Crippen molar-refractivity contribution in [2.75, 3.05) is 5.32 Å². The lowest BCUT2D eigenvalue weighted by Gasteiger charge is -2.08. The number of thioether (sulfide) groups is 1. The number of anilines is 1. The molecular formula is C15H14N4S2. The Hall–Kier alpha value is -2.01. The molecule has 2 aromatic carbocycles. The van der Waals surface area contributed by atoms with E-state index in [1.165, 1.54) is 5.56 Å². The van der Waals surface area contributed by atoms with Gasteiger partial charge in [-0.1, -0.05) is 71.1 Å². The highest BCUT2D eigenvalue weighted by atomic mass is 32.2. The Morgan fingerprint density at radius 2 is 1.86 bits per heavy atom. The Morgan fingerprint density at radius 1 is 1.19 bits per heavy atom. The predicted octanol–water partition coefficient (Wildman–Crippen LogP) is 5.57. The quantitative estimate of drug-likeness (QED) is 0.347. The molecule has 0 aliphatic heterocycles. The Labute approximate surface area is 133 Å². The van der Waals surface area contributed by atoms with E-state index in [0.717, 1.165) is 21.3 Å². The van der Waals surface area contributed by atoms with E-state index >= 15 is 0 Å². The molecule has 106 valence electrons. The van der Waals surface area contributed by atoms with Gasteiger partial charge in [-0.15, -0.1) is 0 Å². The van der Waals surface area contributed by atoms with Gasteiger partial charge in [-0.2, -0.15) is 0 Å². The zero-order valence-corrected chi connectivity index (χ0v) is 13.1. The SMILES string of the molecule is Cc1ccc(NC(=S)SCc2ccc(N=[N+]=[N-])cc2)cc1. The second kappa shape index (κ2) is 7.69. The lowest BCUT2D eigenvalue weighted by Crippen LogP contribution is -2.04. The normalized spacial score (nSPS) is 9.76. The Bertz CT molecular complexity index is 659. The molecule has 0 amide bonds. The van der Waals surface area contributed by atoms with Crippen LogP contribution in [0.3, 0.4) is 0 Å². The average Bonchev–Trinajstić information content (AvgIpc) is 2.49. The summed E-state index contributed by atoms with van der Waals surface area (Å²) in [4.78, 5) is 2.75. The summed E-state index contributed by atoms with van der Waals surface area (Å²) in [5.41, 5.74) is 12.3. The number of rotatable bonds is 4. The molecule has 2 aromatic rings. The molecule has 0 aliphatic rings. The predicted molar refractivity (Wildman–Crippen MR) is 93.9 cm³/mol. The van der Waals surface area contributed by atoms with Crippen LogP contribution in [-0.4, -0.2) is 4.32 Å². The van der Waals surface area contributed by atoms with Crippen molar-refractivity contribution in [3.8, 4) is 0 Å². The zero-order valence-electron chi connectivity index (χ0n) is 11.5. The summed E-state index contributed by atoms with van der Waals surface area (Å²) in [5.74, 6) is 0.772. The highest BCUT2D eigenvalue weighted by Crippen LogP contribution is 2.19. The van der Waals surface area contributed by atoms with Gasteiger partial charge in [-0.05, 0) is 30.2 Å². The molecule has 0 saturated heterocycles. The second-order valence-electron chi connectivity index (χ2n) is 4.42. The lowest BCUT2D eigenvalue weighted by atomic mass is 10.2. The van der Waals surface area contributed by atoms with E-state index in [0.29, 0.717) is 5.69 Å². The fourth-order valence-electron chi connectivity index (χ4n) is 1.65. The summed E-state index contributed by atoms with van der Waals surface area (Å²) in [6, 6.07) is 15.6. The second-order valence-corrected chi connectivity index (χ2v) is 6.08. The van der Waals surface area contributed by atoms with Crippen molar-refractivity contribution in [2.45, 2.75) is 12.7 Å². The van der Waals surface area contributed by atoms with Gasteiger partial charge in [-0.3, -0.25) is 0 Å². The van der Waals surface area contributed by atoms with Crippen LogP contribution in [0.4, 0.5) is 11.4 Å². The summed E-state index contributed by atoms with van der Waals surface area (Å²) in [7, 11) is 0. The van der Waals surface area contributed by atoms with Crippen LogP contribution < -0.4 is 5.32 Å². The summed E-state index contributed by atoms with van der Waals surface area (Å²) in [6.45, 7) is 2.05. The van der Waals surface area contributed by atoms with Crippen LogP contribution in [-0.2, 0) is 5.75 Å². The molecule has 0 fully saturated rings. The molecule has 0 radical (unpaired) electrons. The maximum atomic E-state index is 8.35. The minimum atomic E-state index is 0.617. The number of nitrogens with zero attached hydrogens (tertiary/aromatic N) is 3. The molecule has 0 spiro atoms. The summed E-state index contributed by atoms with van der Waals surface area (Å²) in [5, 5.41) is 6.74. The van der Waals surface area contributed by atoms with Gasteiger partial charge in [0.2, 0.25) is 0 Å². The minimum absolute atomic E-state index is 0.617. The molecule has 1 N–H and O–H groups in total. The Kier molecular flexibility index (Phi) is 5.63.